The topological polar surface area (TPSA) is 86.9 Å². The molecule has 29 heavy (non-hydrogen) atoms. The van der Waals surface area contributed by atoms with Gasteiger partial charge in [-0.2, -0.15) is 0 Å². The first kappa shape index (κ1) is 17.7. The summed E-state index contributed by atoms with van der Waals surface area (Å²) in [6.45, 7) is 3.64. The summed E-state index contributed by atoms with van der Waals surface area (Å²) in [6, 6.07) is 13.5. The van der Waals surface area contributed by atoms with E-state index in [1.165, 1.54) is 6.92 Å². The number of Topliss-reactive ketones (excluding diaryl/α,β-unsaturated/α-hetero) is 1. The van der Waals surface area contributed by atoms with Crippen LogP contribution in [-0.4, -0.2) is 21.7 Å². The SMILES string of the molecule is CC(=O)Nc1cc(-c2[nH]c3c(c2Nc2ccccc2)C(=O)[C@H]2C[C@@]2(C)C3)ccn1. The molecule has 1 amide bonds. The summed E-state index contributed by atoms with van der Waals surface area (Å²) in [5, 5.41) is 6.19. The zero-order chi connectivity index (χ0) is 20.2. The molecule has 0 bridgehead atoms. The number of hydrogen-bond donors (Lipinski definition) is 3. The van der Waals surface area contributed by atoms with Gasteiger partial charge in [0.15, 0.2) is 5.78 Å². The second-order valence-electron chi connectivity index (χ2n) is 8.28. The van der Waals surface area contributed by atoms with Gasteiger partial charge in [0.05, 0.1) is 16.9 Å². The summed E-state index contributed by atoms with van der Waals surface area (Å²) in [6.07, 6.45) is 3.48. The van der Waals surface area contributed by atoms with Crippen molar-refractivity contribution in [2.45, 2.75) is 26.7 Å². The summed E-state index contributed by atoms with van der Waals surface area (Å²) < 4.78 is 0. The Morgan fingerprint density at radius 3 is 2.79 bits per heavy atom. The smallest absolute Gasteiger partial charge is 0.222 e. The Morgan fingerprint density at radius 1 is 1.24 bits per heavy atom. The number of fused-ring (bicyclic) bond motifs is 2. The lowest BCUT2D eigenvalue weighted by atomic mass is 9.87. The number of benzene rings is 1. The third-order valence-corrected chi connectivity index (χ3v) is 5.97. The van der Waals surface area contributed by atoms with Crippen LogP contribution in [0.3, 0.4) is 0 Å². The lowest BCUT2D eigenvalue weighted by Gasteiger charge is -2.18. The fourth-order valence-electron chi connectivity index (χ4n) is 4.39. The molecule has 6 heteroatoms. The summed E-state index contributed by atoms with van der Waals surface area (Å²) >= 11 is 0. The third kappa shape index (κ3) is 3.01. The zero-order valence-corrected chi connectivity index (χ0v) is 16.4. The fourth-order valence-corrected chi connectivity index (χ4v) is 4.39. The number of nitrogens with zero attached hydrogens (tertiary/aromatic N) is 1. The highest BCUT2D eigenvalue weighted by atomic mass is 16.1. The van der Waals surface area contributed by atoms with E-state index in [-0.39, 0.29) is 23.0 Å². The molecule has 0 radical (unpaired) electrons. The molecule has 2 aromatic heterocycles. The lowest BCUT2D eigenvalue weighted by molar-refractivity contribution is -0.114. The highest BCUT2D eigenvalue weighted by molar-refractivity contribution is 6.10. The van der Waals surface area contributed by atoms with Gasteiger partial charge in [-0.15, -0.1) is 0 Å². The maximum absolute atomic E-state index is 13.2. The van der Waals surface area contributed by atoms with Crippen LogP contribution in [0.1, 0.15) is 36.3 Å². The van der Waals surface area contributed by atoms with Crippen molar-refractivity contribution in [1.82, 2.24) is 9.97 Å². The van der Waals surface area contributed by atoms with Crippen LogP contribution in [0, 0.1) is 11.3 Å². The molecular weight excluding hydrogens is 364 g/mol. The molecule has 2 aliphatic carbocycles. The second-order valence-corrected chi connectivity index (χ2v) is 8.28. The van der Waals surface area contributed by atoms with E-state index in [9.17, 15) is 9.59 Å². The third-order valence-electron chi connectivity index (χ3n) is 5.97. The Morgan fingerprint density at radius 2 is 2.03 bits per heavy atom. The van der Waals surface area contributed by atoms with Crippen LogP contribution in [0.5, 0.6) is 0 Å². The largest absolute Gasteiger partial charge is 0.356 e. The van der Waals surface area contributed by atoms with Crippen LogP contribution in [-0.2, 0) is 11.2 Å². The van der Waals surface area contributed by atoms with Crippen LogP contribution in [0.15, 0.2) is 48.7 Å². The van der Waals surface area contributed by atoms with Gasteiger partial charge in [0.2, 0.25) is 5.91 Å². The van der Waals surface area contributed by atoms with Crippen molar-refractivity contribution in [3.8, 4) is 11.3 Å². The number of aromatic nitrogens is 2. The molecule has 3 N–H and O–H groups in total. The van der Waals surface area contributed by atoms with Crippen molar-refractivity contribution in [1.29, 1.82) is 0 Å². The normalized spacial score (nSPS) is 21.9. The standard InChI is InChI=1S/C23H22N4O2/c1-13(28)25-18-10-14(8-9-24-18)20-21(26-15-6-4-3-5-7-15)19-17(27-20)12-23(2)11-16(23)22(19)29/h3-10,16,26-27H,11-12H2,1-2H3,(H,24,25,28)/t16-,23+/m1/s1. The van der Waals surface area contributed by atoms with E-state index in [1.807, 2.05) is 42.5 Å². The number of hydrogen-bond acceptors (Lipinski definition) is 4. The van der Waals surface area contributed by atoms with Crippen molar-refractivity contribution in [2.75, 3.05) is 10.6 Å². The Kier molecular flexibility index (Phi) is 3.84. The summed E-state index contributed by atoms with van der Waals surface area (Å²) in [5.74, 6) is 0.633. The van der Waals surface area contributed by atoms with E-state index in [0.717, 1.165) is 46.7 Å². The van der Waals surface area contributed by atoms with E-state index < -0.39 is 0 Å². The summed E-state index contributed by atoms with van der Waals surface area (Å²) in [5.41, 5.74) is 5.25. The van der Waals surface area contributed by atoms with E-state index in [1.54, 1.807) is 6.20 Å². The average molecular weight is 386 g/mol. The molecule has 0 unspecified atom stereocenters. The molecule has 1 saturated carbocycles. The minimum Gasteiger partial charge on any atom is -0.356 e. The number of para-hydroxylation sites is 1. The zero-order valence-electron chi connectivity index (χ0n) is 16.4. The highest BCUT2D eigenvalue weighted by Crippen LogP contribution is 2.60. The van der Waals surface area contributed by atoms with Crippen LogP contribution < -0.4 is 10.6 Å². The van der Waals surface area contributed by atoms with Crippen molar-refractivity contribution in [3.63, 3.8) is 0 Å². The molecule has 0 aliphatic heterocycles. The quantitative estimate of drug-likeness (QED) is 0.614. The molecule has 1 fully saturated rings. The van der Waals surface area contributed by atoms with Gasteiger partial charge in [-0.25, -0.2) is 4.98 Å². The molecule has 6 nitrogen and oxygen atoms in total. The van der Waals surface area contributed by atoms with Crippen molar-refractivity contribution < 1.29 is 9.59 Å². The van der Waals surface area contributed by atoms with E-state index in [4.69, 9.17) is 0 Å². The van der Waals surface area contributed by atoms with Gasteiger partial charge < -0.3 is 15.6 Å². The number of anilines is 3. The van der Waals surface area contributed by atoms with Gasteiger partial charge in [-0.05, 0) is 42.5 Å². The maximum Gasteiger partial charge on any atom is 0.222 e. The molecule has 3 aromatic rings. The van der Waals surface area contributed by atoms with Crippen molar-refractivity contribution in [2.24, 2.45) is 11.3 Å². The number of aromatic amines is 1. The predicted molar refractivity (Wildman–Crippen MR) is 112 cm³/mol. The van der Waals surface area contributed by atoms with Gasteiger partial charge >= 0.3 is 0 Å². The molecule has 1 aromatic carbocycles. The number of carbonyl (C=O) groups is 2. The van der Waals surface area contributed by atoms with E-state index in [0.29, 0.717) is 5.82 Å². The molecular formula is C23H22N4O2. The molecule has 2 atom stereocenters. The minimum absolute atomic E-state index is 0.0792. The van der Waals surface area contributed by atoms with Gasteiger partial charge in [0.25, 0.3) is 0 Å². The molecule has 2 heterocycles. The van der Waals surface area contributed by atoms with E-state index in [2.05, 4.69) is 27.5 Å². The monoisotopic (exact) mass is 386 g/mol. The average Bonchev–Trinajstić information content (AvgIpc) is 3.25. The lowest BCUT2D eigenvalue weighted by Crippen LogP contribution is -2.19. The molecule has 5 rings (SSSR count). The summed E-state index contributed by atoms with van der Waals surface area (Å²) in [4.78, 5) is 32.4. The van der Waals surface area contributed by atoms with E-state index >= 15 is 0 Å². The number of carbonyl (C=O) groups excluding carboxylic acids is 2. The van der Waals surface area contributed by atoms with Crippen LogP contribution in [0.2, 0.25) is 0 Å². The predicted octanol–water partition coefficient (Wildman–Crippen LogP) is 4.54. The Bertz CT molecular complexity index is 1140. The molecule has 2 aliphatic rings. The molecule has 0 saturated heterocycles. The number of H-pyrrole nitrogens is 1. The van der Waals surface area contributed by atoms with Crippen LogP contribution in [0.25, 0.3) is 11.3 Å². The first-order valence-electron chi connectivity index (χ1n) is 9.80. The number of rotatable bonds is 4. The van der Waals surface area contributed by atoms with Crippen LogP contribution in [0.4, 0.5) is 17.2 Å². The molecule has 0 spiro atoms. The minimum atomic E-state index is -0.175. The number of pyridine rings is 1. The van der Waals surface area contributed by atoms with Gasteiger partial charge in [0, 0.05) is 36.0 Å². The highest BCUT2D eigenvalue weighted by Gasteiger charge is 2.58. The Hall–Kier alpha value is -3.41. The van der Waals surface area contributed by atoms with Crippen molar-refractivity contribution >= 4 is 28.9 Å². The first-order chi connectivity index (χ1) is 13.9. The van der Waals surface area contributed by atoms with Crippen molar-refractivity contribution in [3.05, 3.63) is 59.9 Å². The Labute approximate surface area is 168 Å². The number of amides is 1. The second kappa shape index (κ2) is 6.30. The summed E-state index contributed by atoms with van der Waals surface area (Å²) in [7, 11) is 0. The van der Waals surface area contributed by atoms with Gasteiger partial charge in [0.1, 0.15) is 5.82 Å². The van der Waals surface area contributed by atoms with Crippen LogP contribution >= 0.6 is 0 Å². The maximum atomic E-state index is 13.2. The number of ketones is 1. The Balaban J connectivity index is 1.64. The number of nitrogens with one attached hydrogen (secondary N) is 3. The molecule has 146 valence electrons. The first-order valence-corrected chi connectivity index (χ1v) is 9.80. The van der Waals surface area contributed by atoms with Gasteiger partial charge in [-0.1, -0.05) is 25.1 Å². The van der Waals surface area contributed by atoms with Gasteiger partial charge in [-0.3, -0.25) is 9.59 Å². The fraction of sp³-hybridized carbons (Fsp3) is 0.261.